The molecule has 9 nitrogen and oxygen atoms in total. The number of fused-ring (bicyclic) bond motifs is 1. The van der Waals surface area contributed by atoms with Crippen LogP contribution in [0.2, 0.25) is 0 Å². The molecule has 2 atom stereocenters. The van der Waals surface area contributed by atoms with Crippen molar-refractivity contribution in [1.82, 2.24) is 25.4 Å². The van der Waals surface area contributed by atoms with Crippen LogP contribution in [0.5, 0.6) is 0 Å². The van der Waals surface area contributed by atoms with E-state index in [9.17, 15) is 9.59 Å². The number of nitrogens with zero attached hydrogens (tertiary/aromatic N) is 5. The number of hydrogen-bond donors (Lipinski definition) is 2. The number of azo groups is 2. The van der Waals surface area contributed by atoms with E-state index in [0.29, 0.717) is 25.2 Å². The predicted octanol–water partition coefficient (Wildman–Crippen LogP) is 1.06. The number of H-pyrrole nitrogens is 1. The molecular formula is C19H22N7O2+. The highest BCUT2D eigenvalue weighted by Gasteiger charge is 2.40. The molecule has 2 N–H and O–H groups in total. The van der Waals surface area contributed by atoms with Gasteiger partial charge in [-0.15, -0.1) is 14.9 Å². The lowest BCUT2D eigenvalue weighted by Gasteiger charge is -2.14. The summed E-state index contributed by atoms with van der Waals surface area (Å²) in [6, 6.07) is 9.20. The van der Waals surface area contributed by atoms with Crippen LogP contribution in [0.1, 0.15) is 35.4 Å². The molecular weight excluding hydrogens is 358 g/mol. The largest absolute Gasteiger partial charge is 0.335 e. The lowest BCUT2D eigenvalue weighted by Crippen LogP contribution is -2.46. The van der Waals surface area contributed by atoms with Crippen LogP contribution in [0.3, 0.4) is 0 Å². The molecule has 3 heterocycles. The Morgan fingerprint density at radius 3 is 2.93 bits per heavy atom. The first-order chi connectivity index (χ1) is 13.5. The van der Waals surface area contributed by atoms with Crippen LogP contribution in [0.4, 0.5) is 0 Å². The number of benzene rings is 1. The molecule has 2 aliphatic rings. The summed E-state index contributed by atoms with van der Waals surface area (Å²) >= 11 is 0. The maximum absolute atomic E-state index is 12.8. The zero-order valence-corrected chi connectivity index (χ0v) is 15.8. The minimum absolute atomic E-state index is 0.0312. The van der Waals surface area contributed by atoms with Crippen molar-refractivity contribution in [3.05, 3.63) is 59.4 Å². The first-order valence-corrected chi connectivity index (χ1v) is 9.25. The number of rotatable bonds is 4. The summed E-state index contributed by atoms with van der Waals surface area (Å²) in [7, 11) is 1.70. The van der Waals surface area contributed by atoms with Gasteiger partial charge in [0.25, 0.3) is 5.91 Å². The number of aromatic nitrogens is 3. The van der Waals surface area contributed by atoms with E-state index < -0.39 is 11.9 Å². The molecule has 9 heteroatoms. The van der Waals surface area contributed by atoms with Crippen molar-refractivity contribution in [2.24, 2.45) is 5.11 Å². The van der Waals surface area contributed by atoms with E-state index in [2.05, 4.69) is 25.6 Å². The Labute approximate surface area is 162 Å². The van der Waals surface area contributed by atoms with E-state index >= 15 is 0 Å². The van der Waals surface area contributed by atoms with Gasteiger partial charge in [0.15, 0.2) is 0 Å². The summed E-state index contributed by atoms with van der Waals surface area (Å²) in [6.07, 6.45) is 2.95. The Morgan fingerprint density at radius 1 is 1.36 bits per heavy atom. The number of carbonyl (C=O) groups is 2. The van der Waals surface area contributed by atoms with Crippen molar-refractivity contribution in [3.8, 4) is 0 Å². The van der Waals surface area contributed by atoms with Crippen molar-refractivity contribution >= 4 is 11.8 Å². The van der Waals surface area contributed by atoms with E-state index in [1.54, 1.807) is 11.9 Å². The lowest BCUT2D eigenvalue weighted by atomic mass is 10.1. The second kappa shape index (κ2) is 7.34. The average molecular weight is 380 g/mol. The Kier molecular flexibility index (Phi) is 4.72. The Bertz CT molecular complexity index is 964. The van der Waals surface area contributed by atoms with E-state index in [0.717, 1.165) is 11.4 Å². The Hall–Kier alpha value is -3.36. The number of nitrogens with one attached hydrogen (secondary N) is 2. The lowest BCUT2D eigenvalue weighted by molar-refractivity contribution is -0.553. The maximum Gasteiger partial charge on any atom is 0.332 e. The van der Waals surface area contributed by atoms with Crippen LogP contribution in [-0.2, 0) is 11.2 Å². The molecule has 0 spiro atoms. The van der Waals surface area contributed by atoms with Crippen LogP contribution < -0.4 is 5.32 Å². The highest BCUT2D eigenvalue weighted by atomic mass is 16.2. The zero-order chi connectivity index (χ0) is 19.7. The van der Waals surface area contributed by atoms with Gasteiger partial charge in [-0.3, -0.25) is 9.89 Å². The molecule has 0 bridgehead atoms. The monoisotopic (exact) mass is 380 g/mol. The van der Waals surface area contributed by atoms with Crippen LogP contribution >= 0.6 is 0 Å². The Morgan fingerprint density at radius 2 is 2.14 bits per heavy atom. The van der Waals surface area contributed by atoms with Crippen molar-refractivity contribution in [3.63, 3.8) is 0 Å². The van der Waals surface area contributed by atoms with Crippen molar-refractivity contribution in [2.75, 3.05) is 13.6 Å². The van der Waals surface area contributed by atoms with Crippen LogP contribution in [0, 0.1) is 0 Å². The third kappa shape index (κ3) is 3.55. The second-order valence-electron chi connectivity index (χ2n) is 6.98. The van der Waals surface area contributed by atoms with E-state index in [4.69, 9.17) is 0 Å². The predicted molar refractivity (Wildman–Crippen MR) is 99.4 cm³/mol. The van der Waals surface area contributed by atoms with Gasteiger partial charge in [0, 0.05) is 18.9 Å². The minimum Gasteiger partial charge on any atom is -0.335 e. The number of aromatic amines is 1. The van der Waals surface area contributed by atoms with Gasteiger partial charge in [-0.25, -0.2) is 9.78 Å². The number of likely N-dealkylation sites (N-methyl/N-ethyl adjacent to an activating group) is 1. The molecule has 0 radical (unpaired) electrons. The standard InChI is InChI=1S/C19H21N7O2/c1-12-10-16-25(2)19(28)14(8-9-26(16)24-12)20-18(27)17-21-15(22-23-17)11-13-6-4-3-5-7-13/h3-7,10,12,14H,8-9,11H2,1-2H3,(H-,20,21,22,23,27)/p+1/t12?,14-/m1/s1. The molecule has 2 aliphatic heterocycles. The number of hydrogen-bond acceptors (Lipinski definition) is 5. The summed E-state index contributed by atoms with van der Waals surface area (Å²) in [5.41, 5.74) is 1.07. The van der Waals surface area contributed by atoms with Gasteiger partial charge >= 0.3 is 11.7 Å². The van der Waals surface area contributed by atoms with Crippen molar-refractivity contribution in [1.29, 1.82) is 0 Å². The minimum atomic E-state index is -0.648. The van der Waals surface area contributed by atoms with Crippen molar-refractivity contribution in [2.45, 2.75) is 31.8 Å². The molecule has 1 unspecified atom stereocenters. The second-order valence-corrected chi connectivity index (χ2v) is 6.98. The molecule has 28 heavy (non-hydrogen) atoms. The number of carbonyl (C=O) groups excluding carboxylic acids is 2. The fraction of sp³-hybridized carbons (Fsp3) is 0.368. The van der Waals surface area contributed by atoms with Crippen LogP contribution in [0.15, 0.2) is 47.3 Å². The van der Waals surface area contributed by atoms with Gasteiger partial charge in [-0.05, 0) is 12.5 Å². The van der Waals surface area contributed by atoms with E-state index in [-0.39, 0.29) is 17.8 Å². The van der Waals surface area contributed by atoms with Gasteiger partial charge in [0.1, 0.15) is 24.5 Å². The quantitative estimate of drug-likeness (QED) is 0.774. The molecule has 144 valence electrons. The number of amides is 2. The first kappa shape index (κ1) is 18.0. The smallest absolute Gasteiger partial charge is 0.332 e. The molecule has 1 saturated heterocycles. The van der Waals surface area contributed by atoms with Crippen LogP contribution in [-0.4, -0.2) is 62.3 Å². The molecule has 2 amide bonds. The molecule has 0 saturated carbocycles. The Balaban J connectivity index is 1.43. The van der Waals surface area contributed by atoms with Gasteiger partial charge < -0.3 is 5.32 Å². The summed E-state index contributed by atoms with van der Waals surface area (Å²) in [6.45, 7) is 2.53. The normalized spacial score (nSPS) is 21.6. The zero-order valence-electron chi connectivity index (χ0n) is 15.8. The first-order valence-electron chi connectivity index (χ1n) is 9.25. The van der Waals surface area contributed by atoms with Gasteiger partial charge in [0.05, 0.1) is 7.05 Å². The van der Waals surface area contributed by atoms with Gasteiger partial charge in [-0.1, -0.05) is 30.3 Å². The molecule has 1 fully saturated rings. The topological polar surface area (TPSA) is 106 Å². The van der Waals surface area contributed by atoms with E-state index in [1.165, 1.54) is 0 Å². The van der Waals surface area contributed by atoms with Gasteiger partial charge in [-0.2, -0.15) is 4.90 Å². The van der Waals surface area contributed by atoms with E-state index in [1.807, 2.05) is 48.0 Å². The maximum atomic E-state index is 12.8. The summed E-state index contributed by atoms with van der Waals surface area (Å²) in [5, 5.41) is 14.0. The molecule has 0 aliphatic carbocycles. The third-order valence-corrected chi connectivity index (χ3v) is 4.83. The SMILES string of the molecule is CC1C=C2N(C)C(=O)[C@H](NC(=O)c3n[nH]c(Cc4ccccc4)n3)CC[N+]2=N1. The van der Waals surface area contributed by atoms with Crippen molar-refractivity contribution < 1.29 is 14.3 Å². The summed E-state index contributed by atoms with van der Waals surface area (Å²) in [5.74, 6) is 0.746. The van der Waals surface area contributed by atoms with Gasteiger partial charge in [0.2, 0.25) is 5.82 Å². The molecule has 4 rings (SSSR count). The third-order valence-electron chi connectivity index (χ3n) is 4.83. The van der Waals surface area contributed by atoms with Crippen LogP contribution in [0.25, 0.3) is 0 Å². The fourth-order valence-corrected chi connectivity index (χ4v) is 3.41. The summed E-state index contributed by atoms with van der Waals surface area (Å²) in [4.78, 5) is 31.1. The molecule has 2 aromatic rings. The average Bonchev–Trinajstić information content (AvgIpc) is 3.28. The highest BCUT2D eigenvalue weighted by Crippen LogP contribution is 2.21. The molecule has 1 aromatic heterocycles. The molecule has 1 aromatic carbocycles. The summed E-state index contributed by atoms with van der Waals surface area (Å²) < 4.78 is 1.82. The fourth-order valence-electron chi connectivity index (χ4n) is 3.41. The highest BCUT2D eigenvalue weighted by molar-refractivity contribution is 5.95.